The van der Waals surface area contributed by atoms with Gasteiger partial charge in [-0.15, -0.1) is 0 Å². The van der Waals surface area contributed by atoms with Crippen LogP contribution in [0.2, 0.25) is 0 Å². The van der Waals surface area contributed by atoms with E-state index in [2.05, 4.69) is 20.3 Å². The second kappa shape index (κ2) is 9.07. The zero-order chi connectivity index (χ0) is 22.5. The van der Waals surface area contributed by atoms with Crippen molar-refractivity contribution in [2.24, 2.45) is 5.73 Å². The summed E-state index contributed by atoms with van der Waals surface area (Å²) in [6.07, 6.45) is 1.76. The third-order valence-corrected chi connectivity index (χ3v) is 3.59. The quantitative estimate of drug-likeness (QED) is 0.598. The average Bonchev–Trinajstić information content (AvgIpc) is 2.66. The van der Waals surface area contributed by atoms with Crippen LogP contribution >= 0.6 is 0 Å². The van der Waals surface area contributed by atoms with Crippen molar-refractivity contribution in [1.82, 2.24) is 15.0 Å². The smallest absolute Gasteiger partial charge is 0.415 e. The summed E-state index contributed by atoms with van der Waals surface area (Å²) < 4.78 is 10.5. The van der Waals surface area contributed by atoms with E-state index in [1.807, 2.05) is 0 Å². The highest BCUT2D eigenvalue weighted by molar-refractivity contribution is 6.14. The van der Waals surface area contributed by atoms with E-state index in [0.29, 0.717) is 11.6 Å². The number of carboxylic acids is 1. The number of aromatic nitrogens is 3. The molecule has 11 nitrogen and oxygen atoms in total. The maximum atomic E-state index is 12.5. The Labute approximate surface area is 173 Å². The molecule has 30 heavy (non-hydrogen) atoms. The van der Waals surface area contributed by atoms with Crippen LogP contribution in [0.4, 0.5) is 22.1 Å². The van der Waals surface area contributed by atoms with Crippen LogP contribution in [0.25, 0.3) is 5.57 Å². The Morgan fingerprint density at radius 1 is 1.30 bits per heavy atom. The molecular weight excluding hydrogens is 392 g/mol. The zero-order valence-corrected chi connectivity index (χ0v) is 17.3. The van der Waals surface area contributed by atoms with Gasteiger partial charge in [0.25, 0.3) is 0 Å². The number of nitrogens with zero attached hydrogens (tertiary/aromatic N) is 4. The van der Waals surface area contributed by atoms with Gasteiger partial charge in [-0.3, -0.25) is 4.90 Å². The standard InChI is InChI=1S/C19H24N6O5/c1-19(2,3)30-18(28)25(4)14-9-13(22-12-7-6-8-21-16(12)29-5)23-15(24-14)11(10-20)17(26)27/h6-10H,20H2,1-5H3,(H,26,27)(H,22,23,24). The van der Waals surface area contributed by atoms with Gasteiger partial charge in [0, 0.05) is 25.5 Å². The van der Waals surface area contributed by atoms with Crippen LogP contribution < -0.4 is 20.7 Å². The lowest BCUT2D eigenvalue weighted by Crippen LogP contribution is -2.34. The fourth-order valence-corrected chi connectivity index (χ4v) is 2.24. The minimum Gasteiger partial charge on any atom is -0.480 e. The van der Waals surface area contributed by atoms with E-state index in [1.165, 1.54) is 20.2 Å². The van der Waals surface area contributed by atoms with Crippen molar-refractivity contribution in [3.8, 4) is 5.88 Å². The van der Waals surface area contributed by atoms with Gasteiger partial charge in [0.15, 0.2) is 5.82 Å². The van der Waals surface area contributed by atoms with E-state index in [4.69, 9.17) is 15.2 Å². The lowest BCUT2D eigenvalue weighted by molar-refractivity contribution is -0.130. The van der Waals surface area contributed by atoms with Crippen molar-refractivity contribution < 1.29 is 24.2 Å². The molecule has 0 aromatic carbocycles. The lowest BCUT2D eigenvalue weighted by Gasteiger charge is -2.24. The van der Waals surface area contributed by atoms with Crippen LogP contribution in [0.15, 0.2) is 30.6 Å². The first-order valence-electron chi connectivity index (χ1n) is 8.83. The third-order valence-electron chi connectivity index (χ3n) is 3.59. The molecule has 0 fully saturated rings. The maximum Gasteiger partial charge on any atom is 0.415 e. The summed E-state index contributed by atoms with van der Waals surface area (Å²) in [5.41, 5.74) is 4.86. The molecule has 2 aromatic heterocycles. The molecule has 160 valence electrons. The van der Waals surface area contributed by atoms with Crippen molar-refractivity contribution >= 4 is 35.0 Å². The number of hydrogen-bond donors (Lipinski definition) is 3. The SMILES string of the molecule is COc1ncccc1Nc1cc(N(C)C(=O)OC(C)(C)C)nc(C(=CN)C(=O)O)n1. The molecule has 0 saturated carbocycles. The van der Waals surface area contributed by atoms with Crippen LogP contribution in [0.1, 0.15) is 26.6 Å². The highest BCUT2D eigenvalue weighted by Crippen LogP contribution is 2.27. The Bertz CT molecular complexity index is 970. The molecule has 0 radical (unpaired) electrons. The molecule has 2 rings (SSSR count). The summed E-state index contributed by atoms with van der Waals surface area (Å²) in [5, 5.41) is 12.4. The molecule has 11 heteroatoms. The largest absolute Gasteiger partial charge is 0.480 e. The van der Waals surface area contributed by atoms with E-state index >= 15 is 0 Å². The predicted octanol–water partition coefficient (Wildman–Crippen LogP) is 2.38. The number of amides is 1. The number of carbonyl (C=O) groups is 2. The molecule has 0 aliphatic heterocycles. The number of anilines is 3. The minimum atomic E-state index is -1.32. The van der Waals surface area contributed by atoms with Gasteiger partial charge in [-0.05, 0) is 32.9 Å². The molecule has 0 unspecified atom stereocenters. The Balaban J connectivity index is 2.52. The molecule has 0 aliphatic rings. The number of carbonyl (C=O) groups excluding carboxylic acids is 1. The molecule has 0 spiro atoms. The first kappa shape index (κ1) is 22.4. The van der Waals surface area contributed by atoms with Gasteiger partial charge in [0.2, 0.25) is 5.88 Å². The Morgan fingerprint density at radius 2 is 2.00 bits per heavy atom. The number of rotatable bonds is 6. The zero-order valence-electron chi connectivity index (χ0n) is 17.3. The number of nitrogens with one attached hydrogen (secondary N) is 1. The molecule has 1 amide bonds. The lowest BCUT2D eigenvalue weighted by atomic mass is 10.2. The number of ether oxygens (including phenoxy) is 2. The van der Waals surface area contributed by atoms with Crippen LogP contribution in [0.5, 0.6) is 5.88 Å². The first-order valence-corrected chi connectivity index (χ1v) is 8.83. The summed E-state index contributed by atoms with van der Waals surface area (Å²) in [6.45, 7) is 5.18. The molecule has 0 saturated heterocycles. The van der Waals surface area contributed by atoms with Crippen LogP contribution in [-0.2, 0) is 9.53 Å². The maximum absolute atomic E-state index is 12.5. The molecule has 4 N–H and O–H groups in total. The van der Waals surface area contributed by atoms with E-state index < -0.39 is 17.7 Å². The number of carboxylic acid groups (broad SMARTS) is 1. The highest BCUT2D eigenvalue weighted by Gasteiger charge is 2.24. The van der Waals surface area contributed by atoms with Gasteiger partial charge < -0.3 is 25.6 Å². The number of aliphatic carboxylic acids is 1. The number of methoxy groups -OCH3 is 1. The minimum absolute atomic E-state index is 0.0974. The van der Waals surface area contributed by atoms with E-state index in [9.17, 15) is 14.7 Å². The second-order valence-electron chi connectivity index (χ2n) is 7.05. The van der Waals surface area contributed by atoms with Gasteiger partial charge in [-0.25, -0.2) is 24.5 Å². The summed E-state index contributed by atoms with van der Waals surface area (Å²) in [5.74, 6) is -0.923. The predicted molar refractivity (Wildman–Crippen MR) is 111 cm³/mol. The molecule has 0 bridgehead atoms. The van der Waals surface area contributed by atoms with E-state index in [1.54, 1.807) is 39.1 Å². The molecule has 2 aromatic rings. The number of nitrogens with two attached hydrogens (primary N) is 1. The summed E-state index contributed by atoms with van der Waals surface area (Å²) in [4.78, 5) is 37.5. The molecule has 2 heterocycles. The van der Waals surface area contributed by atoms with Gasteiger partial charge in [-0.2, -0.15) is 0 Å². The molecular formula is C19H24N6O5. The number of hydrogen-bond acceptors (Lipinski definition) is 9. The van der Waals surface area contributed by atoms with Crippen molar-refractivity contribution in [2.45, 2.75) is 26.4 Å². The van der Waals surface area contributed by atoms with Crippen molar-refractivity contribution in [3.63, 3.8) is 0 Å². The van der Waals surface area contributed by atoms with Gasteiger partial charge >= 0.3 is 12.1 Å². The first-order chi connectivity index (χ1) is 14.1. The Kier molecular flexibility index (Phi) is 6.77. The van der Waals surface area contributed by atoms with Crippen molar-refractivity contribution in [1.29, 1.82) is 0 Å². The monoisotopic (exact) mass is 416 g/mol. The Hall–Kier alpha value is -3.89. The fraction of sp³-hybridized carbons (Fsp3) is 0.316. The average molecular weight is 416 g/mol. The van der Waals surface area contributed by atoms with Crippen molar-refractivity contribution in [2.75, 3.05) is 24.4 Å². The highest BCUT2D eigenvalue weighted by atomic mass is 16.6. The van der Waals surface area contributed by atoms with Crippen molar-refractivity contribution in [3.05, 3.63) is 36.4 Å². The number of pyridine rings is 1. The Morgan fingerprint density at radius 3 is 2.57 bits per heavy atom. The van der Waals surface area contributed by atoms with Crippen LogP contribution in [0.3, 0.4) is 0 Å². The normalized spacial score (nSPS) is 11.6. The fourth-order valence-electron chi connectivity index (χ4n) is 2.24. The molecule has 0 aliphatic carbocycles. The van der Waals surface area contributed by atoms with E-state index in [0.717, 1.165) is 11.1 Å². The summed E-state index contributed by atoms with van der Waals surface area (Å²) in [7, 11) is 2.90. The van der Waals surface area contributed by atoms with Gasteiger partial charge in [-0.1, -0.05) is 0 Å². The van der Waals surface area contributed by atoms with E-state index in [-0.39, 0.29) is 23.0 Å². The molecule has 0 atom stereocenters. The van der Waals surface area contributed by atoms with Crippen LogP contribution in [0, 0.1) is 0 Å². The second-order valence-corrected chi connectivity index (χ2v) is 7.05. The van der Waals surface area contributed by atoms with Crippen LogP contribution in [-0.4, -0.2) is 51.9 Å². The summed E-state index contributed by atoms with van der Waals surface area (Å²) in [6, 6.07) is 4.83. The summed E-state index contributed by atoms with van der Waals surface area (Å²) >= 11 is 0. The topological polar surface area (TPSA) is 153 Å². The van der Waals surface area contributed by atoms with Gasteiger partial charge in [0.1, 0.15) is 28.5 Å². The third kappa shape index (κ3) is 5.56. The van der Waals surface area contributed by atoms with Gasteiger partial charge in [0.05, 0.1) is 7.11 Å².